The van der Waals surface area contributed by atoms with Crippen LogP contribution < -0.4 is 5.32 Å². The van der Waals surface area contributed by atoms with Crippen LogP contribution in [0.2, 0.25) is 0 Å². The fraction of sp³-hybridized carbons (Fsp3) is 0.476. The quantitative estimate of drug-likeness (QED) is 0.505. The smallest absolute Gasteiger partial charge is 0.246 e. The summed E-state index contributed by atoms with van der Waals surface area (Å²) in [5, 5.41) is 2.48. The second-order valence-corrected chi connectivity index (χ2v) is 10.4. The second-order valence-electron chi connectivity index (χ2n) is 8.47. The van der Waals surface area contributed by atoms with Gasteiger partial charge in [0, 0.05) is 18.8 Å². The molecule has 11 heteroatoms. The van der Waals surface area contributed by atoms with Crippen molar-refractivity contribution in [3.05, 3.63) is 36.2 Å². The highest BCUT2D eigenvalue weighted by Gasteiger charge is 2.59. The Balaban J connectivity index is 1.30. The first-order valence-electron chi connectivity index (χ1n) is 10.5. The lowest BCUT2D eigenvalue weighted by molar-refractivity contribution is -0.143. The van der Waals surface area contributed by atoms with Gasteiger partial charge in [-0.25, -0.2) is 12.8 Å². The molecule has 0 unspecified atom stereocenters. The van der Waals surface area contributed by atoms with Crippen molar-refractivity contribution >= 4 is 33.4 Å². The third-order valence-electron chi connectivity index (χ3n) is 6.67. The third kappa shape index (κ3) is 3.35. The van der Waals surface area contributed by atoms with E-state index in [9.17, 15) is 27.2 Å². The lowest BCUT2D eigenvalue weighted by atomic mass is 9.85. The first kappa shape index (κ1) is 21.2. The Kier molecular flexibility index (Phi) is 5.14. The number of benzene rings is 1. The highest BCUT2D eigenvalue weighted by atomic mass is 32.2. The lowest BCUT2D eigenvalue weighted by Crippen LogP contribution is -2.41. The molecule has 2 heterocycles. The monoisotopic (exact) mass is 463 g/mol. The molecular formula is C21H22FN3O6S. The van der Waals surface area contributed by atoms with Gasteiger partial charge in [0.15, 0.2) is 0 Å². The molecule has 1 aromatic carbocycles. The number of hydrogen-bond donors (Lipinski definition) is 1. The van der Waals surface area contributed by atoms with Gasteiger partial charge in [0.25, 0.3) is 0 Å². The van der Waals surface area contributed by atoms with Gasteiger partial charge in [-0.3, -0.25) is 19.3 Å². The van der Waals surface area contributed by atoms with Crippen molar-refractivity contribution in [3.8, 4) is 0 Å². The summed E-state index contributed by atoms with van der Waals surface area (Å²) in [6.07, 6.45) is 4.73. The predicted octanol–water partition coefficient (Wildman–Crippen LogP) is 0.592. The molecular weight excluding hydrogens is 441 g/mol. The zero-order valence-corrected chi connectivity index (χ0v) is 17.9. The largest absolute Gasteiger partial charge is 0.379 e. The van der Waals surface area contributed by atoms with Crippen LogP contribution in [0.1, 0.15) is 6.42 Å². The molecule has 32 heavy (non-hydrogen) atoms. The van der Waals surface area contributed by atoms with Crippen LogP contribution in [0.4, 0.5) is 10.1 Å². The summed E-state index contributed by atoms with van der Waals surface area (Å²) in [5.41, 5.74) is 0.0595. The van der Waals surface area contributed by atoms with Gasteiger partial charge in [0.05, 0.1) is 25.0 Å². The average molecular weight is 463 g/mol. The van der Waals surface area contributed by atoms with Crippen molar-refractivity contribution in [2.24, 2.45) is 23.7 Å². The maximum absolute atomic E-state index is 14.3. The molecule has 2 saturated heterocycles. The first-order valence-corrected chi connectivity index (χ1v) is 11.9. The maximum atomic E-state index is 14.3. The Hall–Kier alpha value is -2.63. The van der Waals surface area contributed by atoms with E-state index in [-0.39, 0.29) is 55.6 Å². The number of carbonyl (C=O) groups excluding carboxylic acids is 3. The molecule has 2 bridgehead atoms. The number of halogens is 1. The van der Waals surface area contributed by atoms with Gasteiger partial charge in [-0.1, -0.05) is 12.2 Å². The molecule has 4 aliphatic rings. The topological polar surface area (TPSA) is 113 Å². The minimum absolute atomic E-state index is 0.0413. The molecule has 3 fully saturated rings. The predicted molar refractivity (Wildman–Crippen MR) is 109 cm³/mol. The van der Waals surface area contributed by atoms with E-state index in [1.165, 1.54) is 6.07 Å². The van der Waals surface area contributed by atoms with Crippen LogP contribution in [0.3, 0.4) is 0 Å². The number of amides is 3. The number of nitrogens with zero attached hydrogens (tertiary/aromatic N) is 2. The number of sulfonamides is 1. The van der Waals surface area contributed by atoms with Crippen molar-refractivity contribution in [2.45, 2.75) is 11.3 Å². The molecule has 2 aliphatic heterocycles. The number of morpholine rings is 1. The van der Waals surface area contributed by atoms with Gasteiger partial charge in [-0.05, 0) is 36.5 Å². The summed E-state index contributed by atoms with van der Waals surface area (Å²) in [6.45, 7) is 0.184. The van der Waals surface area contributed by atoms with Crippen molar-refractivity contribution < 1.29 is 31.9 Å². The number of likely N-dealkylation sites (tertiary alicyclic amines) is 1. The van der Waals surface area contributed by atoms with Gasteiger partial charge < -0.3 is 10.1 Å². The molecule has 0 radical (unpaired) electrons. The fourth-order valence-corrected chi connectivity index (χ4v) is 6.67. The van der Waals surface area contributed by atoms with E-state index < -0.39 is 45.0 Å². The lowest BCUT2D eigenvalue weighted by Gasteiger charge is -2.26. The van der Waals surface area contributed by atoms with E-state index >= 15 is 0 Å². The summed E-state index contributed by atoms with van der Waals surface area (Å²) < 4.78 is 46.2. The molecule has 5 rings (SSSR count). The van der Waals surface area contributed by atoms with Crippen LogP contribution in [0, 0.1) is 29.5 Å². The van der Waals surface area contributed by atoms with Crippen LogP contribution in [0.5, 0.6) is 0 Å². The average Bonchev–Trinajstić information content (AvgIpc) is 3.46. The Morgan fingerprint density at radius 1 is 1.09 bits per heavy atom. The molecule has 1 aromatic rings. The number of allylic oxidation sites excluding steroid dienone is 2. The first-order chi connectivity index (χ1) is 15.3. The molecule has 1 saturated carbocycles. The van der Waals surface area contributed by atoms with Crippen molar-refractivity contribution in [3.63, 3.8) is 0 Å². The summed E-state index contributed by atoms with van der Waals surface area (Å²) in [4.78, 5) is 38.4. The zero-order chi connectivity index (χ0) is 22.6. The van der Waals surface area contributed by atoms with Gasteiger partial charge in [-0.15, -0.1) is 0 Å². The second kappa shape index (κ2) is 7.75. The van der Waals surface area contributed by atoms with E-state index in [0.29, 0.717) is 0 Å². The molecule has 9 nitrogen and oxygen atoms in total. The van der Waals surface area contributed by atoms with E-state index in [0.717, 1.165) is 27.8 Å². The van der Waals surface area contributed by atoms with E-state index in [2.05, 4.69) is 5.32 Å². The Morgan fingerprint density at radius 3 is 2.34 bits per heavy atom. The Labute approximate surface area is 184 Å². The number of fused-ring (bicyclic) bond motifs is 5. The van der Waals surface area contributed by atoms with Gasteiger partial charge >= 0.3 is 0 Å². The SMILES string of the molecule is O=C(CN1C(=O)[C@H]2[C@H](C1=O)[C@H]1C=C[C@H]2C1)Nc1ccc(F)c(S(=O)(=O)N2CCOCC2)c1. The van der Waals surface area contributed by atoms with Crippen molar-refractivity contribution in [1.82, 2.24) is 9.21 Å². The van der Waals surface area contributed by atoms with E-state index in [1.807, 2.05) is 12.2 Å². The summed E-state index contributed by atoms with van der Waals surface area (Å²) in [7, 11) is -4.11. The van der Waals surface area contributed by atoms with Crippen molar-refractivity contribution in [1.29, 1.82) is 0 Å². The number of hydrogen-bond acceptors (Lipinski definition) is 6. The molecule has 1 N–H and O–H groups in total. The summed E-state index contributed by atoms with van der Waals surface area (Å²) in [6, 6.07) is 3.24. The number of carbonyl (C=O) groups is 3. The minimum atomic E-state index is -4.11. The Bertz CT molecular complexity index is 1100. The minimum Gasteiger partial charge on any atom is -0.379 e. The number of anilines is 1. The number of imide groups is 1. The van der Waals surface area contributed by atoms with Gasteiger partial charge in [-0.2, -0.15) is 4.31 Å². The third-order valence-corrected chi connectivity index (χ3v) is 8.58. The summed E-state index contributed by atoms with van der Waals surface area (Å²) >= 11 is 0. The molecule has 2 aliphatic carbocycles. The molecule has 170 valence electrons. The molecule has 0 aromatic heterocycles. The molecule has 4 atom stereocenters. The van der Waals surface area contributed by atoms with Crippen LogP contribution >= 0.6 is 0 Å². The number of rotatable bonds is 5. The van der Waals surface area contributed by atoms with Crippen molar-refractivity contribution in [2.75, 3.05) is 38.2 Å². The standard InChI is InChI=1S/C21H22FN3O6S/c22-15-4-3-14(10-16(15)32(29,30)24-5-7-31-8-6-24)23-17(26)11-25-20(27)18-12-1-2-13(9-12)19(18)21(25)28/h1-4,10,12-13,18-19H,5-9,11H2,(H,23,26)/t12-,13-,18+,19+/m0/s1. The van der Waals surface area contributed by atoms with Gasteiger partial charge in [0.2, 0.25) is 27.7 Å². The van der Waals surface area contributed by atoms with E-state index in [4.69, 9.17) is 4.74 Å². The molecule has 0 spiro atoms. The highest BCUT2D eigenvalue weighted by Crippen LogP contribution is 2.52. The normalized spacial score (nSPS) is 29.6. The fourth-order valence-electron chi connectivity index (χ4n) is 5.17. The van der Waals surface area contributed by atoms with Crippen LogP contribution in [0.15, 0.2) is 35.2 Å². The summed E-state index contributed by atoms with van der Waals surface area (Å²) in [5.74, 6) is -3.01. The van der Waals surface area contributed by atoms with Crippen LogP contribution in [-0.4, -0.2) is 68.2 Å². The molecule has 3 amide bonds. The Morgan fingerprint density at radius 2 is 1.72 bits per heavy atom. The van der Waals surface area contributed by atoms with Crippen LogP contribution in [-0.2, 0) is 29.1 Å². The van der Waals surface area contributed by atoms with E-state index in [1.54, 1.807) is 0 Å². The highest BCUT2D eigenvalue weighted by molar-refractivity contribution is 7.89. The van der Waals surface area contributed by atoms with Gasteiger partial charge in [0.1, 0.15) is 17.3 Å². The number of ether oxygens (including phenoxy) is 1. The maximum Gasteiger partial charge on any atom is 0.246 e. The van der Waals surface area contributed by atoms with Crippen LogP contribution in [0.25, 0.3) is 0 Å². The zero-order valence-electron chi connectivity index (χ0n) is 17.1. The number of nitrogens with one attached hydrogen (secondary N) is 1.